The van der Waals surface area contributed by atoms with Gasteiger partial charge in [0.25, 0.3) is 5.91 Å². The number of rotatable bonds is 8. The molecule has 0 aromatic heterocycles. The van der Waals surface area contributed by atoms with Crippen molar-refractivity contribution < 1.29 is 14.3 Å². The summed E-state index contributed by atoms with van der Waals surface area (Å²) in [6, 6.07) is 7.34. The molecule has 0 aliphatic heterocycles. The van der Waals surface area contributed by atoms with Crippen molar-refractivity contribution in [2.24, 2.45) is 11.7 Å². The first-order chi connectivity index (χ1) is 11.2. The molecule has 1 amide bonds. The van der Waals surface area contributed by atoms with Crippen LogP contribution in [0.25, 0.3) is 0 Å². The summed E-state index contributed by atoms with van der Waals surface area (Å²) < 4.78 is 10.9. The van der Waals surface area contributed by atoms with Crippen LogP contribution in [0.2, 0.25) is 0 Å². The van der Waals surface area contributed by atoms with Crippen molar-refractivity contribution in [1.82, 2.24) is 5.32 Å². The molecule has 0 radical (unpaired) electrons. The highest BCUT2D eigenvalue weighted by atomic mass is 16.5. The molecule has 0 bridgehead atoms. The van der Waals surface area contributed by atoms with Gasteiger partial charge < -0.3 is 20.5 Å². The van der Waals surface area contributed by atoms with E-state index >= 15 is 0 Å². The van der Waals surface area contributed by atoms with E-state index in [2.05, 4.69) is 5.32 Å². The summed E-state index contributed by atoms with van der Waals surface area (Å²) in [6.45, 7) is 3.07. The van der Waals surface area contributed by atoms with Crippen LogP contribution in [0.3, 0.4) is 0 Å². The minimum Gasteiger partial charge on any atom is -0.494 e. The lowest BCUT2D eigenvalue weighted by molar-refractivity contribution is -0.124. The maximum Gasteiger partial charge on any atom is 0.258 e. The van der Waals surface area contributed by atoms with Crippen LogP contribution in [0.15, 0.2) is 24.3 Å². The summed E-state index contributed by atoms with van der Waals surface area (Å²) in [4.78, 5) is 12.1. The van der Waals surface area contributed by atoms with E-state index in [9.17, 15) is 4.79 Å². The van der Waals surface area contributed by atoms with E-state index in [1.165, 1.54) is 19.3 Å². The summed E-state index contributed by atoms with van der Waals surface area (Å²) in [7, 11) is 0. The van der Waals surface area contributed by atoms with Crippen LogP contribution < -0.4 is 20.5 Å². The lowest BCUT2D eigenvalue weighted by Gasteiger charge is -2.30. The van der Waals surface area contributed by atoms with Gasteiger partial charge >= 0.3 is 0 Å². The van der Waals surface area contributed by atoms with Crippen LogP contribution in [0.4, 0.5) is 0 Å². The molecule has 1 atom stereocenters. The second-order valence-electron chi connectivity index (χ2n) is 6.00. The van der Waals surface area contributed by atoms with Gasteiger partial charge in [-0.05, 0) is 49.9 Å². The second-order valence-corrected chi connectivity index (χ2v) is 6.00. The Labute approximate surface area is 138 Å². The molecule has 1 aliphatic rings. The summed E-state index contributed by atoms with van der Waals surface area (Å²) in [5.41, 5.74) is 5.83. The zero-order valence-electron chi connectivity index (χ0n) is 13.9. The monoisotopic (exact) mass is 320 g/mol. The van der Waals surface area contributed by atoms with E-state index in [0.29, 0.717) is 24.8 Å². The van der Waals surface area contributed by atoms with Crippen molar-refractivity contribution >= 4 is 5.91 Å². The Morgan fingerprint density at radius 1 is 1.17 bits per heavy atom. The second kappa shape index (κ2) is 9.40. The van der Waals surface area contributed by atoms with Gasteiger partial charge in [0.2, 0.25) is 0 Å². The Balaban J connectivity index is 1.76. The highest BCUT2D eigenvalue weighted by Gasteiger charge is 2.23. The Bertz CT molecular complexity index is 470. The molecule has 1 aliphatic carbocycles. The van der Waals surface area contributed by atoms with E-state index in [-0.39, 0.29) is 18.6 Å². The predicted molar refractivity (Wildman–Crippen MR) is 90.7 cm³/mol. The molecule has 2 rings (SSSR count). The number of hydrogen-bond acceptors (Lipinski definition) is 4. The maximum atomic E-state index is 12.1. The van der Waals surface area contributed by atoms with Gasteiger partial charge in [-0.15, -0.1) is 0 Å². The van der Waals surface area contributed by atoms with Gasteiger partial charge in [-0.3, -0.25) is 4.79 Å². The van der Waals surface area contributed by atoms with Crippen LogP contribution >= 0.6 is 0 Å². The highest BCUT2D eigenvalue weighted by molar-refractivity contribution is 5.77. The zero-order valence-corrected chi connectivity index (χ0v) is 13.9. The Kier molecular flexibility index (Phi) is 7.20. The van der Waals surface area contributed by atoms with Crippen molar-refractivity contribution in [3.63, 3.8) is 0 Å². The van der Waals surface area contributed by atoms with Crippen molar-refractivity contribution in [1.29, 1.82) is 0 Å². The van der Waals surface area contributed by atoms with Crippen LogP contribution in [-0.2, 0) is 4.79 Å². The maximum absolute atomic E-state index is 12.1. The molecule has 1 aromatic carbocycles. The third kappa shape index (κ3) is 5.75. The van der Waals surface area contributed by atoms with Crippen LogP contribution in [0, 0.1) is 5.92 Å². The number of benzene rings is 1. The SMILES string of the molecule is CCOc1ccc(OCC(=O)NC(CN)C2CCCCC2)cc1. The van der Waals surface area contributed by atoms with Crippen LogP contribution in [0.5, 0.6) is 11.5 Å². The molecule has 5 nitrogen and oxygen atoms in total. The largest absolute Gasteiger partial charge is 0.494 e. The fourth-order valence-corrected chi connectivity index (χ4v) is 3.10. The number of nitrogens with two attached hydrogens (primary N) is 1. The Morgan fingerprint density at radius 2 is 1.78 bits per heavy atom. The van der Waals surface area contributed by atoms with Gasteiger partial charge in [0.15, 0.2) is 6.61 Å². The first-order valence-electron chi connectivity index (χ1n) is 8.58. The highest BCUT2D eigenvalue weighted by Crippen LogP contribution is 2.26. The third-order valence-corrected chi connectivity index (χ3v) is 4.32. The molecule has 1 saturated carbocycles. The minimum atomic E-state index is -0.111. The summed E-state index contributed by atoms with van der Waals surface area (Å²) in [5, 5.41) is 3.02. The molecule has 0 saturated heterocycles. The van der Waals surface area contributed by atoms with Gasteiger partial charge in [-0.1, -0.05) is 19.3 Å². The van der Waals surface area contributed by atoms with Crippen molar-refractivity contribution in [2.75, 3.05) is 19.8 Å². The van der Waals surface area contributed by atoms with E-state index in [4.69, 9.17) is 15.2 Å². The fraction of sp³-hybridized carbons (Fsp3) is 0.611. The average Bonchev–Trinajstić information content (AvgIpc) is 2.60. The number of nitrogens with one attached hydrogen (secondary N) is 1. The van der Waals surface area contributed by atoms with E-state index < -0.39 is 0 Å². The summed E-state index contributed by atoms with van der Waals surface area (Å²) in [6.07, 6.45) is 6.08. The number of hydrogen-bond donors (Lipinski definition) is 2. The lowest BCUT2D eigenvalue weighted by atomic mass is 9.84. The first kappa shape index (κ1) is 17.6. The molecule has 1 unspecified atom stereocenters. The zero-order chi connectivity index (χ0) is 16.5. The van der Waals surface area contributed by atoms with Gasteiger partial charge in [-0.25, -0.2) is 0 Å². The number of carbonyl (C=O) groups excluding carboxylic acids is 1. The van der Waals surface area contributed by atoms with Gasteiger partial charge in [0, 0.05) is 12.6 Å². The molecule has 0 heterocycles. The quantitative estimate of drug-likeness (QED) is 0.772. The van der Waals surface area contributed by atoms with Crippen molar-refractivity contribution in [2.45, 2.75) is 45.1 Å². The Hall–Kier alpha value is -1.75. The standard InChI is InChI=1S/C18H28N2O3/c1-2-22-15-8-10-16(11-9-15)23-13-18(21)20-17(12-19)14-6-4-3-5-7-14/h8-11,14,17H,2-7,12-13,19H2,1H3,(H,20,21). The van der Waals surface area contributed by atoms with E-state index in [1.807, 2.05) is 19.1 Å². The molecule has 128 valence electrons. The van der Waals surface area contributed by atoms with Gasteiger partial charge in [-0.2, -0.15) is 0 Å². The molecule has 23 heavy (non-hydrogen) atoms. The number of amides is 1. The van der Waals surface area contributed by atoms with Crippen LogP contribution in [-0.4, -0.2) is 31.7 Å². The number of carbonyl (C=O) groups is 1. The molecular formula is C18H28N2O3. The normalized spacial score (nSPS) is 16.6. The number of ether oxygens (including phenoxy) is 2. The van der Waals surface area contributed by atoms with Gasteiger partial charge in [0.1, 0.15) is 11.5 Å². The molecule has 3 N–H and O–H groups in total. The van der Waals surface area contributed by atoms with Crippen molar-refractivity contribution in [3.05, 3.63) is 24.3 Å². The summed E-state index contributed by atoms with van der Waals surface area (Å²) >= 11 is 0. The van der Waals surface area contributed by atoms with Crippen molar-refractivity contribution in [3.8, 4) is 11.5 Å². The fourth-order valence-electron chi connectivity index (χ4n) is 3.10. The molecule has 1 fully saturated rings. The van der Waals surface area contributed by atoms with E-state index in [1.54, 1.807) is 12.1 Å². The van der Waals surface area contributed by atoms with Crippen LogP contribution in [0.1, 0.15) is 39.0 Å². The lowest BCUT2D eigenvalue weighted by Crippen LogP contribution is -2.47. The minimum absolute atomic E-state index is 0.0111. The summed E-state index contributed by atoms with van der Waals surface area (Å²) in [5.74, 6) is 1.85. The predicted octanol–water partition coefficient (Wildman–Crippen LogP) is 2.49. The van der Waals surface area contributed by atoms with Gasteiger partial charge in [0.05, 0.1) is 6.61 Å². The molecular weight excluding hydrogens is 292 g/mol. The molecule has 5 heteroatoms. The molecule has 1 aromatic rings. The topological polar surface area (TPSA) is 73.6 Å². The van der Waals surface area contributed by atoms with E-state index in [0.717, 1.165) is 18.6 Å². The third-order valence-electron chi connectivity index (χ3n) is 4.32. The first-order valence-corrected chi connectivity index (χ1v) is 8.58. The molecule has 0 spiro atoms. The Morgan fingerprint density at radius 3 is 2.35 bits per heavy atom. The smallest absolute Gasteiger partial charge is 0.258 e. The average molecular weight is 320 g/mol.